The van der Waals surface area contributed by atoms with E-state index in [2.05, 4.69) is 4.74 Å². The largest absolute Gasteiger partial charge is 0.465 e. The van der Waals surface area contributed by atoms with Crippen LogP contribution in [-0.4, -0.2) is 24.8 Å². The SMILES string of the molecule is COC(=O)c1ccccc1C(N)CO. The first-order valence-electron chi connectivity index (χ1n) is 4.24. The van der Waals surface area contributed by atoms with Crippen LogP contribution in [0.2, 0.25) is 0 Å². The number of carbonyl (C=O) groups is 1. The van der Waals surface area contributed by atoms with Gasteiger partial charge in [-0.1, -0.05) is 18.2 Å². The molecule has 1 atom stereocenters. The highest BCUT2D eigenvalue weighted by Gasteiger charge is 2.15. The Bertz CT molecular complexity index is 325. The van der Waals surface area contributed by atoms with E-state index in [-0.39, 0.29) is 6.61 Å². The maximum Gasteiger partial charge on any atom is 0.338 e. The van der Waals surface area contributed by atoms with Gasteiger partial charge in [0.15, 0.2) is 0 Å². The molecule has 0 saturated heterocycles. The van der Waals surface area contributed by atoms with Crippen molar-refractivity contribution < 1.29 is 14.6 Å². The highest BCUT2D eigenvalue weighted by molar-refractivity contribution is 5.91. The average molecular weight is 195 g/mol. The fraction of sp³-hybridized carbons (Fsp3) is 0.300. The van der Waals surface area contributed by atoms with Gasteiger partial charge in [0.1, 0.15) is 0 Å². The molecule has 0 aliphatic rings. The van der Waals surface area contributed by atoms with Crippen LogP contribution in [0.5, 0.6) is 0 Å². The van der Waals surface area contributed by atoms with E-state index in [1.165, 1.54) is 7.11 Å². The first-order valence-corrected chi connectivity index (χ1v) is 4.24. The lowest BCUT2D eigenvalue weighted by molar-refractivity contribution is 0.0598. The quantitative estimate of drug-likeness (QED) is 0.687. The molecule has 4 heteroatoms. The Morgan fingerprint density at radius 1 is 1.57 bits per heavy atom. The van der Waals surface area contributed by atoms with E-state index in [0.29, 0.717) is 11.1 Å². The van der Waals surface area contributed by atoms with Crippen LogP contribution in [-0.2, 0) is 4.74 Å². The zero-order valence-electron chi connectivity index (χ0n) is 7.93. The van der Waals surface area contributed by atoms with E-state index in [4.69, 9.17) is 10.8 Å². The number of aliphatic hydroxyl groups excluding tert-OH is 1. The van der Waals surface area contributed by atoms with E-state index in [1.807, 2.05) is 0 Å². The molecule has 1 unspecified atom stereocenters. The second-order valence-corrected chi connectivity index (χ2v) is 2.87. The standard InChI is InChI=1S/C10H13NO3/c1-14-10(13)8-5-3-2-4-7(8)9(11)6-12/h2-5,9,12H,6,11H2,1H3. The molecule has 0 saturated carbocycles. The topological polar surface area (TPSA) is 72.5 Å². The minimum Gasteiger partial charge on any atom is -0.465 e. The summed E-state index contributed by atoms with van der Waals surface area (Å²) in [6, 6.07) is 6.26. The Hall–Kier alpha value is -1.39. The van der Waals surface area contributed by atoms with Gasteiger partial charge in [-0.3, -0.25) is 0 Å². The van der Waals surface area contributed by atoms with Gasteiger partial charge in [0.2, 0.25) is 0 Å². The third kappa shape index (κ3) is 2.10. The Morgan fingerprint density at radius 2 is 2.21 bits per heavy atom. The lowest BCUT2D eigenvalue weighted by Gasteiger charge is -2.12. The van der Waals surface area contributed by atoms with Gasteiger partial charge in [-0.25, -0.2) is 4.79 Å². The number of aliphatic hydroxyl groups is 1. The van der Waals surface area contributed by atoms with Crippen molar-refractivity contribution in [2.45, 2.75) is 6.04 Å². The predicted octanol–water partition coefficient (Wildman–Crippen LogP) is 0.465. The number of benzene rings is 1. The fourth-order valence-corrected chi connectivity index (χ4v) is 1.21. The second-order valence-electron chi connectivity index (χ2n) is 2.87. The Kier molecular flexibility index (Phi) is 3.62. The van der Waals surface area contributed by atoms with Crippen molar-refractivity contribution in [2.75, 3.05) is 13.7 Å². The van der Waals surface area contributed by atoms with Gasteiger partial charge >= 0.3 is 5.97 Å². The Balaban J connectivity index is 3.09. The van der Waals surface area contributed by atoms with Crippen molar-refractivity contribution in [2.24, 2.45) is 5.73 Å². The van der Waals surface area contributed by atoms with Gasteiger partial charge in [0, 0.05) is 0 Å². The maximum atomic E-state index is 11.3. The first kappa shape index (κ1) is 10.7. The maximum absolute atomic E-state index is 11.3. The first-order chi connectivity index (χ1) is 6.70. The Labute approximate surface area is 82.3 Å². The summed E-state index contributed by atoms with van der Waals surface area (Å²) < 4.78 is 4.60. The number of hydrogen-bond donors (Lipinski definition) is 2. The van der Waals surface area contributed by atoms with Crippen LogP contribution in [0, 0.1) is 0 Å². The predicted molar refractivity (Wildman–Crippen MR) is 51.8 cm³/mol. The average Bonchev–Trinajstić information content (AvgIpc) is 2.27. The number of ether oxygens (including phenoxy) is 1. The molecule has 0 aliphatic carbocycles. The molecule has 4 nitrogen and oxygen atoms in total. The Morgan fingerprint density at radius 3 is 2.79 bits per heavy atom. The number of methoxy groups -OCH3 is 1. The van der Waals surface area contributed by atoms with Crippen LogP contribution in [0.3, 0.4) is 0 Å². The fourth-order valence-electron chi connectivity index (χ4n) is 1.21. The van der Waals surface area contributed by atoms with Crippen LogP contribution in [0.1, 0.15) is 22.0 Å². The number of nitrogens with two attached hydrogens (primary N) is 1. The van der Waals surface area contributed by atoms with E-state index < -0.39 is 12.0 Å². The van der Waals surface area contributed by atoms with Crippen molar-refractivity contribution in [3.05, 3.63) is 35.4 Å². The zero-order chi connectivity index (χ0) is 10.6. The summed E-state index contributed by atoms with van der Waals surface area (Å²) in [6.07, 6.45) is 0. The summed E-state index contributed by atoms with van der Waals surface area (Å²) in [5.41, 5.74) is 6.63. The van der Waals surface area contributed by atoms with Gasteiger partial charge in [-0.15, -0.1) is 0 Å². The summed E-state index contributed by atoms with van der Waals surface area (Å²) in [4.78, 5) is 11.3. The smallest absolute Gasteiger partial charge is 0.338 e. The van der Waals surface area contributed by atoms with Crippen molar-refractivity contribution in [3.63, 3.8) is 0 Å². The van der Waals surface area contributed by atoms with Gasteiger partial charge in [0.05, 0.1) is 25.3 Å². The van der Waals surface area contributed by atoms with Crippen LogP contribution in [0.4, 0.5) is 0 Å². The zero-order valence-corrected chi connectivity index (χ0v) is 7.93. The molecule has 0 radical (unpaired) electrons. The summed E-state index contributed by atoms with van der Waals surface area (Å²) >= 11 is 0. The monoisotopic (exact) mass is 195 g/mol. The van der Waals surface area contributed by atoms with E-state index in [0.717, 1.165) is 0 Å². The summed E-state index contributed by atoms with van der Waals surface area (Å²) in [5, 5.41) is 8.89. The molecule has 1 aromatic carbocycles. The lowest BCUT2D eigenvalue weighted by atomic mass is 10.0. The van der Waals surface area contributed by atoms with Gasteiger partial charge < -0.3 is 15.6 Å². The van der Waals surface area contributed by atoms with E-state index >= 15 is 0 Å². The van der Waals surface area contributed by atoms with Gasteiger partial charge in [0.25, 0.3) is 0 Å². The molecule has 0 heterocycles. The van der Waals surface area contributed by atoms with E-state index in [1.54, 1.807) is 24.3 Å². The van der Waals surface area contributed by atoms with Crippen LogP contribution in [0.15, 0.2) is 24.3 Å². The van der Waals surface area contributed by atoms with Crippen molar-refractivity contribution >= 4 is 5.97 Å². The van der Waals surface area contributed by atoms with Crippen LogP contribution >= 0.6 is 0 Å². The van der Waals surface area contributed by atoms with Crippen LogP contribution in [0.25, 0.3) is 0 Å². The second kappa shape index (κ2) is 4.74. The van der Waals surface area contributed by atoms with Crippen molar-refractivity contribution in [1.29, 1.82) is 0 Å². The molecule has 14 heavy (non-hydrogen) atoms. The van der Waals surface area contributed by atoms with Gasteiger partial charge in [-0.2, -0.15) is 0 Å². The third-order valence-corrected chi connectivity index (χ3v) is 1.96. The number of rotatable bonds is 3. The van der Waals surface area contributed by atoms with Crippen molar-refractivity contribution in [3.8, 4) is 0 Å². The number of carbonyl (C=O) groups excluding carboxylic acids is 1. The molecule has 0 aliphatic heterocycles. The number of esters is 1. The molecule has 76 valence electrons. The highest BCUT2D eigenvalue weighted by Crippen LogP contribution is 2.16. The molecular formula is C10H13NO3. The minimum atomic E-state index is -0.551. The molecule has 0 amide bonds. The summed E-state index contributed by atoms with van der Waals surface area (Å²) in [7, 11) is 1.31. The minimum absolute atomic E-state index is 0.200. The summed E-state index contributed by atoms with van der Waals surface area (Å²) in [5.74, 6) is -0.440. The molecule has 0 bridgehead atoms. The third-order valence-electron chi connectivity index (χ3n) is 1.96. The summed E-state index contributed by atoms with van der Waals surface area (Å²) in [6.45, 7) is -0.200. The molecular weight excluding hydrogens is 182 g/mol. The molecule has 0 aromatic heterocycles. The van der Waals surface area contributed by atoms with Crippen LogP contribution < -0.4 is 5.73 Å². The highest BCUT2D eigenvalue weighted by atomic mass is 16.5. The molecule has 0 spiro atoms. The molecule has 3 N–H and O–H groups in total. The lowest BCUT2D eigenvalue weighted by Crippen LogP contribution is -2.18. The van der Waals surface area contributed by atoms with Gasteiger partial charge in [-0.05, 0) is 11.6 Å². The normalized spacial score (nSPS) is 12.2. The molecule has 1 rings (SSSR count). The van der Waals surface area contributed by atoms with Crippen molar-refractivity contribution in [1.82, 2.24) is 0 Å². The molecule has 0 fully saturated rings. The number of hydrogen-bond acceptors (Lipinski definition) is 4. The van der Waals surface area contributed by atoms with E-state index in [9.17, 15) is 4.79 Å². The molecule has 1 aromatic rings.